The van der Waals surface area contributed by atoms with E-state index in [0.717, 1.165) is 5.56 Å². The number of nitrogens with zero attached hydrogens (tertiary/aromatic N) is 1. The standard InChI is InChI=1S/C14H14FN3O/c1-9-5-10(15)7-11(6-9)18-14(19)12-3-4-17-8-13(12)16-2/h3-8,16H,1-2H3,(H,18,19). The average Bonchev–Trinajstić information content (AvgIpc) is 2.37. The Kier molecular flexibility index (Phi) is 3.75. The van der Waals surface area contributed by atoms with Crippen molar-refractivity contribution in [3.8, 4) is 0 Å². The zero-order chi connectivity index (χ0) is 13.8. The Morgan fingerprint density at radius 2 is 2.11 bits per heavy atom. The number of pyridine rings is 1. The molecule has 0 aliphatic rings. The topological polar surface area (TPSA) is 54.0 Å². The van der Waals surface area contributed by atoms with Crippen molar-refractivity contribution in [2.75, 3.05) is 17.7 Å². The molecule has 0 bridgehead atoms. The lowest BCUT2D eigenvalue weighted by molar-refractivity contribution is 0.102. The fourth-order valence-corrected chi connectivity index (χ4v) is 1.80. The van der Waals surface area contributed by atoms with Gasteiger partial charge in [0.2, 0.25) is 0 Å². The molecule has 0 atom stereocenters. The van der Waals surface area contributed by atoms with Gasteiger partial charge in [0.15, 0.2) is 0 Å². The van der Waals surface area contributed by atoms with E-state index in [-0.39, 0.29) is 11.7 Å². The molecule has 4 nitrogen and oxygen atoms in total. The molecule has 19 heavy (non-hydrogen) atoms. The van der Waals surface area contributed by atoms with Crippen molar-refractivity contribution in [1.29, 1.82) is 0 Å². The van der Waals surface area contributed by atoms with Crippen molar-refractivity contribution < 1.29 is 9.18 Å². The lowest BCUT2D eigenvalue weighted by Crippen LogP contribution is -2.14. The number of carbonyl (C=O) groups excluding carboxylic acids is 1. The molecule has 0 saturated heterocycles. The normalized spacial score (nSPS) is 10.1. The van der Waals surface area contributed by atoms with E-state index in [4.69, 9.17) is 0 Å². The third-order valence-corrected chi connectivity index (χ3v) is 2.64. The lowest BCUT2D eigenvalue weighted by atomic mass is 10.2. The van der Waals surface area contributed by atoms with Crippen molar-refractivity contribution in [1.82, 2.24) is 4.98 Å². The van der Waals surface area contributed by atoms with Gasteiger partial charge in [-0.25, -0.2) is 4.39 Å². The quantitative estimate of drug-likeness (QED) is 0.891. The lowest BCUT2D eigenvalue weighted by Gasteiger charge is -2.09. The number of hydrogen-bond acceptors (Lipinski definition) is 3. The number of aryl methyl sites for hydroxylation is 1. The van der Waals surface area contributed by atoms with Crippen molar-refractivity contribution in [3.05, 3.63) is 53.6 Å². The van der Waals surface area contributed by atoms with Crippen LogP contribution in [0.2, 0.25) is 0 Å². The van der Waals surface area contributed by atoms with Crippen LogP contribution < -0.4 is 10.6 Å². The molecule has 1 heterocycles. The van der Waals surface area contributed by atoms with Crippen molar-refractivity contribution >= 4 is 17.3 Å². The van der Waals surface area contributed by atoms with Crippen LogP contribution in [0.1, 0.15) is 15.9 Å². The number of amides is 1. The van der Waals surface area contributed by atoms with Crippen LogP contribution in [-0.2, 0) is 0 Å². The summed E-state index contributed by atoms with van der Waals surface area (Å²) in [5, 5.41) is 5.56. The van der Waals surface area contributed by atoms with Crippen LogP contribution in [0.15, 0.2) is 36.7 Å². The first-order chi connectivity index (χ1) is 9.10. The van der Waals surface area contributed by atoms with Crippen LogP contribution in [0.4, 0.5) is 15.8 Å². The highest BCUT2D eigenvalue weighted by Gasteiger charge is 2.11. The van der Waals surface area contributed by atoms with E-state index in [0.29, 0.717) is 16.9 Å². The molecule has 2 rings (SSSR count). The molecule has 0 fully saturated rings. The molecule has 2 N–H and O–H groups in total. The largest absolute Gasteiger partial charge is 0.386 e. The zero-order valence-electron chi connectivity index (χ0n) is 10.7. The number of rotatable bonds is 3. The Labute approximate surface area is 110 Å². The van der Waals surface area contributed by atoms with E-state index in [1.165, 1.54) is 18.3 Å². The van der Waals surface area contributed by atoms with Gasteiger partial charge in [0, 0.05) is 18.9 Å². The Morgan fingerprint density at radius 3 is 2.79 bits per heavy atom. The number of carbonyl (C=O) groups is 1. The molecule has 5 heteroatoms. The fraction of sp³-hybridized carbons (Fsp3) is 0.143. The number of hydrogen-bond donors (Lipinski definition) is 2. The minimum absolute atomic E-state index is 0.309. The number of benzene rings is 1. The van der Waals surface area contributed by atoms with Crippen LogP contribution >= 0.6 is 0 Å². The van der Waals surface area contributed by atoms with Gasteiger partial charge in [0.1, 0.15) is 5.82 Å². The van der Waals surface area contributed by atoms with Gasteiger partial charge in [0.25, 0.3) is 5.91 Å². The maximum absolute atomic E-state index is 13.3. The summed E-state index contributed by atoms with van der Waals surface area (Å²) in [7, 11) is 1.71. The highest BCUT2D eigenvalue weighted by molar-refractivity contribution is 6.07. The zero-order valence-corrected chi connectivity index (χ0v) is 10.7. The van der Waals surface area contributed by atoms with E-state index in [9.17, 15) is 9.18 Å². The van der Waals surface area contributed by atoms with Crippen molar-refractivity contribution in [2.24, 2.45) is 0 Å². The minimum atomic E-state index is -0.376. The highest BCUT2D eigenvalue weighted by atomic mass is 19.1. The van der Waals surface area contributed by atoms with Gasteiger partial charge in [-0.15, -0.1) is 0 Å². The first-order valence-corrected chi connectivity index (χ1v) is 5.80. The van der Waals surface area contributed by atoms with Crippen LogP contribution in [-0.4, -0.2) is 17.9 Å². The first-order valence-electron chi connectivity index (χ1n) is 5.80. The molecular weight excluding hydrogens is 245 g/mol. The van der Waals surface area contributed by atoms with Crippen LogP contribution in [0.25, 0.3) is 0 Å². The predicted molar refractivity (Wildman–Crippen MR) is 72.9 cm³/mol. The maximum Gasteiger partial charge on any atom is 0.257 e. The maximum atomic E-state index is 13.3. The molecule has 1 amide bonds. The molecule has 0 saturated carbocycles. The van der Waals surface area contributed by atoms with Crippen LogP contribution in [0.5, 0.6) is 0 Å². The molecule has 0 unspecified atom stereocenters. The molecule has 98 valence electrons. The number of nitrogens with one attached hydrogen (secondary N) is 2. The Hall–Kier alpha value is -2.43. The summed E-state index contributed by atoms with van der Waals surface area (Å²) < 4.78 is 13.3. The van der Waals surface area contributed by atoms with Gasteiger partial charge in [-0.05, 0) is 36.8 Å². The molecule has 0 radical (unpaired) electrons. The van der Waals surface area contributed by atoms with Crippen molar-refractivity contribution in [3.63, 3.8) is 0 Å². The molecule has 0 aliphatic carbocycles. The average molecular weight is 259 g/mol. The SMILES string of the molecule is CNc1cnccc1C(=O)Nc1cc(C)cc(F)c1. The second kappa shape index (κ2) is 5.48. The Bertz CT molecular complexity index is 593. The smallest absolute Gasteiger partial charge is 0.257 e. The van der Waals surface area contributed by atoms with Gasteiger partial charge in [-0.3, -0.25) is 9.78 Å². The molecule has 2 aromatic rings. The minimum Gasteiger partial charge on any atom is -0.386 e. The van der Waals surface area contributed by atoms with Crippen LogP contribution in [0.3, 0.4) is 0 Å². The summed E-state index contributed by atoms with van der Waals surface area (Å²) in [5.41, 5.74) is 2.26. The van der Waals surface area contributed by atoms with Gasteiger partial charge in [-0.1, -0.05) is 0 Å². The Morgan fingerprint density at radius 1 is 1.32 bits per heavy atom. The summed E-state index contributed by atoms with van der Waals surface area (Å²) in [6.45, 7) is 1.77. The van der Waals surface area contributed by atoms with Gasteiger partial charge < -0.3 is 10.6 Å². The van der Waals surface area contributed by atoms with Crippen molar-refractivity contribution in [2.45, 2.75) is 6.92 Å². The van der Waals surface area contributed by atoms with E-state index in [1.54, 1.807) is 32.3 Å². The van der Waals surface area contributed by atoms with E-state index in [1.807, 2.05) is 0 Å². The number of aromatic nitrogens is 1. The fourth-order valence-electron chi connectivity index (χ4n) is 1.80. The molecular formula is C14H14FN3O. The summed E-state index contributed by atoms with van der Waals surface area (Å²) in [6.07, 6.45) is 3.10. The third-order valence-electron chi connectivity index (χ3n) is 2.64. The first kappa shape index (κ1) is 13.0. The second-order valence-electron chi connectivity index (χ2n) is 4.14. The second-order valence-corrected chi connectivity index (χ2v) is 4.14. The number of halogens is 1. The Balaban J connectivity index is 2.25. The van der Waals surface area contributed by atoms with E-state index in [2.05, 4.69) is 15.6 Å². The van der Waals surface area contributed by atoms with E-state index < -0.39 is 0 Å². The van der Waals surface area contributed by atoms with Gasteiger partial charge in [0.05, 0.1) is 17.4 Å². The molecule has 1 aromatic carbocycles. The number of anilines is 2. The summed E-state index contributed by atoms with van der Waals surface area (Å²) in [6, 6.07) is 6.00. The molecule has 0 spiro atoms. The van der Waals surface area contributed by atoms with Gasteiger partial charge >= 0.3 is 0 Å². The van der Waals surface area contributed by atoms with Crippen LogP contribution in [0, 0.1) is 12.7 Å². The molecule has 0 aliphatic heterocycles. The molecule has 1 aromatic heterocycles. The monoisotopic (exact) mass is 259 g/mol. The predicted octanol–water partition coefficient (Wildman–Crippen LogP) is 2.82. The highest BCUT2D eigenvalue weighted by Crippen LogP contribution is 2.17. The van der Waals surface area contributed by atoms with Gasteiger partial charge in [-0.2, -0.15) is 0 Å². The van der Waals surface area contributed by atoms with E-state index >= 15 is 0 Å². The third kappa shape index (κ3) is 3.07. The summed E-state index contributed by atoms with van der Waals surface area (Å²) >= 11 is 0. The summed E-state index contributed by atoms with van der Waals surface area (Å²) in [4.78, 5) is 16.0. The summed E-state index contributed by atoms with van der Waals surface area (Å²) in [5.74, 6) is -0.685.